The van der Waals surface area contributed by atoms with E-state index in [0.29, 0.717) is 11.8 Å². The highest BCUT2D eigenvalue weighted by Crippen LogP contribution is 2.42. The van der Waals surface area contributed by atoms with E-state index in [1.165, 1.54) is 24.8 Å². The summed E-state index contributed by atoms with van der Waals surface area (Å²) in [6, 6.07) is 8.38. The van der Waals surface area contributed by atoms with Gasteiger partial charge in [-0.3, -0.25) is 4.79 Å². The predicted molar refractivity (Wildman–Crippen MR) is 78.4 cm³/mol. The normalized spacial score (nSPS) is 25.2. The lowest BCUT2D eigenvalue weighted by Crippen LogP contribution is -2.43. The number of hydrogen-bond acceptors (Lipinski definition) is 1. The molecule has 102 valence electrons. The van der Waals surface area contributed by atoms with Crippen LogP contribution in [0, 0.1) is 5.41 Å². The van der Waals surface area contributed by atoms with E-state index >= 15 is 0 Å². The molecule has 0 saturated heterocycles. The number of carbonyl (C=O) groups excluding carboxylic acids is 1. The third-order valence-corrected chi connectivity index (χ3v) is 4.93. The van der Waals surface area contributed by atoms with Gasteiger partial charge in [-0.25, -0.2) is 0 Å². The lowest BCUT2D eigenvalue weighted by Gasteiger charge is -2.36. The fraction of sp³-hybridized carbons (Fsp3) is 0.588. The van der Waals surface area contributed by atoms with Gasteiger partial charge in [0.05, 0.1) is 0 Å². The Hall–Kier alpha value is -1.31. The largest absolute Gasteiger partial charge is 0.311 e. The predicted octanol–water partition coefficient (Wildman–Crippen LogP) is 4.11. The molecule has 0 spiro atoms. The Morgan fingerprint density at radius 2 is 1.89 bits per heavy atom. The Bertz CT molecular complexity index is 488. The number of rotatable bonds is 1. The first-order chi connectivity index (χ1) is 9.12. The maximum atomic E-state index is 13.0. The first-order valence-corrected chi connectivity index (χ1v) is 7.53. The molecule has 1 aromatic carbocycles. The minimum atomic E-state index is -0.130. The van der Waals surface area contributed by atoms with Gasteiger partial charge in [0.25, 0.3) is 0 Å². The Kier molecular flexibility index (Phi) is 3.12. The van der Waals surface area contributed by atoms with E-state index in [-0.39, 0.29) is 5.41 Å². The van der Waals surface area contributed by atoms with Crippen LogP contribution in [0.2, 0.25) is 0 Å². The van der Waals surface area contributed by atoms with Crippen molar-refractivity contribution in [2.75, 3.05) is 11.4 Å². The third kappa shape index (κ3) is 2.07. The molecule has 1 heterocycles. The summed E-state index contributed by atoms with van der Waals surface area (Å²) in [6.45, 7) is 5.24. The molecule has 2 aliphatic rings. The summed E-state index contributed by atoms with van der Waals surface area (Å²) < 4.78 is 0. The number of carbonyl (C=O) groups is 1. The molecule has 2 nitrogen and oxygen atoms in total. The van der Waals surface area contributed by atoms with Gasteiger partial charge in [0.1, 0.15) is 0 Å². The lowest BCUT2D eigenvalue weighted by atomic mass is 9.74. The van der Waals surface area contributed by atoms with Crippen LogP contribution in [0.1, 0.15) is 57.4 Å². The van der Waals surface area contributed by atoms with Gasteiger partial charge in [0.2, 0.25) is 5.91 Å². The summed E-state index contributed by atoms with van der Waals surface area (Å²) in [5.41, 5.74) is 2.34. The van der Waals surface area contributed by atoms with Crippen molar-refractivity contribution < 1.29 is 4.79 Å². The van der Waals surface area contributed by atoms with Crippen molar-refractivity contribution in [1.82, 2.24) is 0 Å². The summed E-state index contributed by atoms with van der Waals surface area (Å²) in [6.07, 6.45) is 5.80. The van der Waals surface area contributed by atoms with Gasteiger partial charge in [-0.05, 0) is 24.5 Å². The number of fused-ring (bicyclic) bond motifs is 1. The minimum Gasteiger partial charge on any atom is -0.311 e. The molecule has 1 aromatic rings. The molecule has 19 heavy (non-hydrogen) atoms. The van der Waals surface area contributed by atoms with Gasteiger partial charge in [-0.1, -0.05) is 51.3 Å². The average molecular weight is 257 g/mol. The van der Waals surface area contributed by atoms with Crippen LogP contribution in [-0.4, -0.2) is 12.5 Å². The van der Waals surface area contributed by atoms with Gasteiger partial charge in [0, 0.05) is 23.6 Å². The second-order valence-corrected chi connectivity index (χ2v) is 6.50. The first-order valence-electron chi connectivity index (χ1n) is 7.53. The van der Waals surface area contributed by atoms with Gasteiger partial charge in [-0.2, -0.15) is 0 Å². The molecule has 0 N–H and O–H groups in total. The second-order valence-electron chi connectivity index (χ2n) is 6.50. The Morgan fingerprint density at radius 1 is 1.21 bits per heavy atom. The van der Waals surface area contributed by atoms with E-state index in [4.69, 9.17) is 0 Å². The fourth-order valence-corrected chi connectivity index (χ4v) is 3.68. The molecule has 0 bridgehead atoms. The summed E-state index contributed by atoms with van der Waals surface area (Å²) in [5.74, 6) is 0.816. The highest BCUT2D eigenvalue weighted by atomic mass is 16.2. The molecule has 0 radical (unpaired) electrons. The second kappa shape index (κ2) is 4.66. The van der Waals surface area contributed by atoms with E-state index in [1.54, 1.807) is 0 Å². The summed E-state index contributed by atoms with van der Waals surface area (Å²) in [4.78, 5) is 15.0. The van der Waals surface area contributed by atoms with E-state index in [0.717, 1.165) is 25.1 Å². The molecule has 1 aliphatic carbocycles. The van der Waals surface area contributed by atoms with Crippen LogP contribution in [0.3, 0.4) is 0 Å². The van der Waals surface area contributed by atoms with Crippen molar-refractivity contribution in [3.05, 3.63) is 29.8 Å². The zero-order valence-electron chi connectivity index (χ0n) is 12.0. The fourth-order valence-electron chi connectivity index (χ4n) is 3.68. The monoisotopic (exact) mass is 257 g/mol. The van der Waals surface area contributed by atoms with Crippen molar-refractivity contribution in [2.45, 2.75) is 51.9 Å². The Balaban J connectivity index is 1.89. The summed E-state index contributed by atoms with van der Waals surface area (Å²) >= 11 is 0. The topological polar surface area (TPSA) is 20.3 Å². The molecule has 3 rings (SSSR count). The van der Waals surface area contributed by atoms with E-state index < -0.39 is 0 Å². The molecule has 1 fully saturated rings. The van der Waals surface area contributed by atoms with Gasteiger partial charge >= 0.3 is 0 Å². The van der Waals surface area contributed by atoms with Crippen molar-refractivity contribution in [1.29, 1.82) is 0 Å². The molecule has 2 heteroatoms. The highest BCUT2D eigenvalue weighted by molar-refractivity contribution is 5.99. The van der Waals surface area contributed by atoms with Crippen molar-refractivity contribution in [3.8, 4) is 0 Å². The number of para-hydroxylation sites is 1. The molecule has 1 unspecified atom stereocenters. The minimum absolute atomic E-state index is 0.130. The zero-order chi connectivity index (χ0) is 13.5. The number of anilines is 1. The third-order valence-electron chi connectivity index (χ3n) is 4.93. The van der Waals surface area contributed by atoms with E-state index in [9.17, 15) is 4.79 Å². The van der Waals surface area contributed by atoms with Crippen molar-refractivity contribution >= 4 is 11.6 Å². The molecule has 1 saturated carbocycles. The van der Waals surface area contributed by atoms with Gasteiger partial charge in [-0.15, -0.1) is 0 Å². The highest BCUT2D eigenvalue weighted by Gasteiger charge is 2.41. The molecule has 0 aromatic heterocycles. The maximum absolute atomic E-state index is 13.0. The molecule has 1 atom stereocenters. The lowest BCUT2D eigenvalue weighted by molar-refractivity contribution is -0.129. The number of nitrogens with zero attached hydrogens (tertiary/aromatic N) is 1. The molecular weight excluding hydrogens is 234 g/mol. The van der Waals surface area contributed by atoms with Crippen LogP contribution >= 0.6 is 0 Å². The van der Waals surface area contributed by atoms with E-state index in [1.807, 2.05) is 11.0 Å². The number of amides is 1. The molecule has 1 aliphatic heterocycles. The van der Waals surface area contributed by atoms with E-state index in [2.05, 4.69) is 32.0 Å². The quantitative estimate of drug-likeness (QED) is 0.741. The molecular formula is C17H23NO. The van der Waals surface area contributed by atoms with Crippen LogP contribution < -0.4 is 4.90 Å². The van der Waals surface area contributed by atoms with Crippen molar-refractivity contribution in [3.63, 3.8) is 0 Å². The number of benzene rings is 1. The summed E-state index contributed by atoms with van der Waals surface area (Å²) in [7, 11) is 0. The Labute approximate surface area is 115 Å². The van der Waals surface area contributed by atoms with Crippen LogP contribution in [0.4, 0.5) is 5.69 Å². The van der Waals surface area contributed by atoms with Crippen molar-refractivity contribution in [2.24, 2.45) is 5.41 Å². The van der Waals surface area contributed by atoms with Crippen LogP contribution in [0.5, 0.6) is 0 Å². The Morgan fingerprint density at radius 3 is 2.63 bits per heavy atom. The van der Waals surface area contributed by atoms with Crippen LogP contribution in [0.25, 0.3) is 0 Å². The van der Waals surface area contributed by atoms with Crippen LogP contribution in [0.15, 0.2) is 24.3 Å². The van der Waals surface area contributed by atoms with Crippen LogP contribution in [-0.2, 0) is 4.79 Å². The standard InChI is InChI=1S/C17H23NO/c1-13-12-18(15-9-5-4-8-14(13)15)16(19)17(2)10-6-3-7-11-17/h4-5,8-9,13H,3,6-7,10-12H2,1-2H3. The smallest absolute Gasteiger partial charge is 0.232 e. The zero-order valence-corrected chi connectivity index (χ0v) is 12.0. The summed E-state index contributed by atoms with van der Waals surface area (Å²) in [5, 5.41) is 0. The number of hydrogen-bond donors (Lipinski definition) is 0. The maximum Gasteiger partial charge on any atom is 0.232 e. The molecule has 1 amide bonds. The first kappa shape index (κ1) is 12.7. The average Bonchev–Trinajstić information content (AvgIpc) is 2.77. The SMILES string of the molecule is CC1CN(C(=O)C2(C)CCCCC2)c2ccccc21. The van der Waals surface area contributed by atoms with Gasteiger partial charge < -0.3 is 4.90 Å². The van der Waals surface area contributed by atoms with Gasteiger partial charge in [0.15, 0.2) is 0 Å².